The van der Waals surface area contributed by atoms with Crippen molar-refractivity contribution in [1.82, 2.24) is 24.8 Å². The summed E-state index contributed by atoms with van der Waals surface area (Å²) in [5.74, 6) is -0.889. The van der Waals surface area contributed by atoms with Crippen LogP contribution >= 0.6 is 0 Å². The Morgan fingerprint density at radius 3 is 2.59 bits per heavy atom. The first-order valence-electron chi connectivity index (χ1n) is 20.9. The Balaban J connectivity index is 1.20. The first kappa shape index (κ1) is 40.1. The molecule has 3 unspecified atom stereocenters. The molecule has 1 aliphatic carbocycles. The van der Waals surface area contributed by atoms with E-state index >= 15 is 13.2 Å². The van der Waals surface area contributed by atoms with Crippen LogP contribution in [0, 0.1) is 11.6 Å². The van der Waals surface area contributed by atoms with Gasteiger partial charge in [0.2, 0.25) is 11.1 Å². The molecule has 3 atom stereocenters. The number of amides is 1. The van der Waals surface area contributed by atoms with Crippen molar-refractivity contribution in [3.63, 3.8) is 0 Å². The summed E-state index contributed by atoms with van der Waals surface area (Å²) in [4.78, 5) is 33.3. The molecule has 1 amide bonds. The molecule has 2 aromatic heterocycles. The lowest BCUT2D eigenvalue weighted by Gasteiger charge is -2.47. The Kier molecular flexibility index (Phi) is 10.9. The first-order chi connectivity index (χ1) is 28.4. The van der Waals surface area contributed by atoms with Crippen LogP contribution in [0.2, 0.25) is 0 Å². The van der Waals surface area contributed by atoms with Crippen molar-refractivity contribution in [3.8, 4) is 23.0 Å². The number of hydrogen-bond acceptors (Lipinski definition) is 11. The third kappa shape index (κ3) is 7.47. The van der Waals surface area contributed by atoms with E-state index < -0.39 is 40.5 Å². The molecule has 1 saturated carbocycles. The maximum atomic E-state index is 17.6. The lowest BCUT2D eigenvalue weighted by molar-refractivity contribution is 0.0483. The highest BCUT2D eigenvalue weighted by Gasteiger charge is 2.46. The van der Waals surface area contributed by atoms with E-state index in [1.165, 1.54) is 17.2 Å². The van der Waals surface area contributed by atoms with Gasteiger partial charge in [0, 0.05) is 38.9 Å². The van der Waals surface area contributed by atoms with Gasteiger partial charge < -0.3 is 28.2 Å². The standard InChI is InChI=1S/C43H51F3N6O6S/c1-42-21-27(44)23-51(24-42)39-33-22-47-37(36(46)38(33)48-40(49-39)57-25-43-14-5-16-52(43)17-6-15-43)32-20-29(58-59(54)30-11-9-28(55-3)10-12-30)19-26-8-13-34(45)31(35(26)32)7-4-18-56-41(53)50(42)2/h8,13,19-20,22,27-28,30H,4-7,9-12,14-18,21,23-25H2,1-3H3. The molecule has 4 aromatic rings. The van der Waals surface area contributed by atoms with Crippen LogP contribution in [0.3, 0.4) is 0 Å². The molecular formula is C43H51F3N6O6S. The minimum absolute atomic E-state index is 0.0378. The maximum absolute atomic E-state index is 17.6. The number of ether oxygens (including phenoxy) is 3. The van der Waals surface area contributed by atoms with Crippen molar-refractivity contribution >= 4 is 44.7 Å². The molecule has 2 aromatic carbocycles. The van der Waals surface area contributed by atoms with Gasteiger partial charge in [0.05, 0.1) is 41.0 Å². The predicted molar refractivity (Wildman–Crippen MR) is 218 cm³/mol. The minimum Gasteiger partial charge on any atom is -0.461 e. The molecule has 4 fully saturated rings. The number of anilines is 1. The molecule has 59 heavy (non-hydrogen) atoms. The fourth-order valence-electron chi connectivity index (χ4n) is 10.2. The Morgan fingerprint density at radius 2 is 1.83 bits per heavy atom. The zero-order valence-electron chi connectivity index (χ0n) is 33.8. The number of fused-ring (bicyclic) bond motifs is 7. The summed E-state index contributed by atoms with van der Waals surface area (Å²) in [5, 5.41) is 0.915. The summed E-state index contributed by atoms with van der Waals surface area (Å²) in [6.45, 7) is 4.12. The molecule has 0 N–H and O–H groups in total. The second-order valence-corrected chi connectivity index (χ2v) is 18.6. The van der Waals surface area contributed by atoms with E-state index in [4.69, 9.17) is 23.4 Å². The van der Waals surface area contributed by atoms with Crippen LogP contribution in [0.5, 0.6) is 11.8 Å². The number of carbonyl (C=O) groups excluding carboxylic acids is 1. The zero-order valence-corrected chi connectivity index (χ0v) is 34.6. The van der Waals surface area contributed by atoms with E-state index in [-0.39, 0.29) is 101 Å². The number of methoxy groups -OCH3 is 1. The molecule has 10 rings (SSSR count). The predicted octanol–water partition coefficient (Wildman–Crippen LogP) is 7.45. The van der Waals surface area contributed by atoms with Gasteiger partial charge in [-0.25, -0.2) is 22.2 Å². The number of rotatable bonds is 7. The molecule has 0 radical (unpaired) electrons. The van der Waals surface area contributed by atoms with Crippen molar-refractivity contribution < 1.29 is 40.6 Å². The number of piperidine rings is 1. The summed E-state index contributed by atoms with van der Waals surface area (Å²) < 4.78 is 86.9. The third-order valence-corrected chi connectivity index (χ3v) is 14.9. The lowest BCUT2D eigenvalue weighted by atomic mass is 9.88. The number of aryl methyl sites for hydroxylation is 1. The summed E-state index contributed by atoms with van der Waals surface area (Å²) in [6.07, 6.45) is 6.88. The van der Waals surface area contributed by atoms with E-state index in [0.717, 1.165) is 51.6 Å². The molecule has 0 spiro atoms. The highest BCUT2D eigenvalue weighted by molar-refractivity contribution is 7.81. The number of aromatic nitrogens is 3. The van der Waals surface area contributed by atoms with E-state index in [9.17, 15) is 9.00 Å². The summed E-state index contributed by atoms with van der Waals surface area (Å²) in [6, 6.07) is 6.09. The second-order valence-electron chi connectivity index (χ2n) is 17.2. The van der Waals surface area contributed by atoms with Crippen LogP contribution in [-0.2, 0) is 27.0 Å². The molecular weight excluding hydrogens is 786 g/mol. The van der Waals surface area contributed by atoms with E-state index in [1.807, 2.05) is 0 Å². The van der Waals surface area contributed by atoms with Crippen LogP contribution < -0.4 is 13.8 Å². The van der Waals surface area contributed by atoms with E-state index in [1.54, 1.807) is 44.2 Å². The van der Waals surface area contributed by atoms with Crippen LogP contribution in [0.15, 0.2) is 30.5 Å². The van der Waals surface area contributed by atoms with Gasteiger partial charge in [-0.05, 0) is 119 Å². The summed E-state index contributed by atoms with van der Waals surface area (Å²) in [7, 11) is 3.25. The van der Waals surface area contributed by atoms with Gasteiger partial charge in [0.25, 0.3) is 0 Å². The number of benzene rings is 2. The smallest absolute Gasteiger partial charge is 0.410 e. The van der Waals surface area contributed by atoms with E-state index in [0.29, 0.717) is 30.2 Å². The number of pyridine rings is 1. The Labute approximate surface area is 344 Å². The fraction of sp³-hybridized carbons (Fsp3) is 0.581. The van der Waals surface area contributed by atoms with Gasteiger partial charge in [-0.2, -0.15) is 9.97 Å². The molecule has 5 aliphatic heterocycles. The topological polar surface area (TPSA) is 119 Å². The van der Waals surface area contributed by atoms with E-state index in [2.05, 4.69) is 14.9 Å². The summed E-state index contributed by atoms with van der Waals surface area (Å²) >= 11 is -1.72. The molecule has 12 nitrogen and oxygen atoms in total. The molecule has 7 heterocycles. The number of hydrogen-bond donors (Lipinski definition) is 0. The maximum Gasteiger partial charge on any atom is 0.410 e. The number of carbonyl (C=O) groups is 1. The van der Waals surface area contributed by atoms with Crippen molar-refractivity contribution in [2.75, 3.05) is 58.5 Å². The van der Waals surface area contributed by atoms with Gasteiger partial charge in [-0.3, -0.25) is 9.88 Å². The van der Waals surface area contributed by atoms with Crippen molar-refractivity contribution in [2.24, 2.45) is 0 Å². The highest BCUT2D eigenvalue weighted by atomic mass is 32.2. The molecule has 3 saturated heterocycles. The molecule has 316 valence electrons. The van der Waals surface area contributed by atoms with Gasteiger partial charge in [-0.15, -0.1) is 0 Å². The Hall–Kier alpha value is -4.28. The number of likely N-dealkylation sites (N-methyl/N-ethyl adjacent to an activating group) is 1. The van der Waals surface area contributed by atoms with Crippen LogP contribution in [0.4, 0.5) is 23.8 Å². The number of halogens is 3. The van der Waals surface area contributed by atoms with Crippen molar-refractivity contribution in [2.45, 2.75) is 106 Å². The van der Waals surface area contributed by atoms with Gasteiger partial charge >= 0.3 is 12.1 Å². The van der Waals surface area contributed by atoms with Crippen LogP contribution in [0.25, 0.3) is 32.9 Å². The number of nitrogens with zero attached hydrogens (tertiary/aromatic N) is 6. The minimum atomic E-state index is -1.72. The first-order valence-corrected chi connectivity index (χ1v) is 22.0. The monoisotopic (exact) mass is 836 g/mol. The fourth-order valence-corrected chi connectivity index (χ4v) is 11.3. The van der Waals surface area contributed by atoms with Gasteiger partial charge in [0.15, 0.2) is 5.82 Å². The van der Waals surface area contributed by atoms with Crippen molar-refractivity contribution in [1.29, 1.82) is 0 Å². The van der Waals surface area contributed by atoms with Gasteiger partial charge in [0.1, 0.15) is 41.4 Å². The number of alkyl halides is 1. The zero-order chi connectivity index (χ0) is 41.1. The normalized spacial score (nSPS) is 26.6. The van der Waals surface area contributed by atoms with Crippen LogP contribution in [0.1, 0.15) is 76.7 Å². The SMILES string of the molecule is COC1CCC(S(=O)Oc2cc3c4c(c(F)ccc4c2)CCCOC(=O)N(C)C2(C)CC(F)CN(C2)c2nc(OCC45CCCN4CCC5)nc4c(F)c-3ncc24)CC1. The summed E-state index contributed by atoms with van der Waals surface area (Å²) in [5.41, 5.74) is -0.925. The molecule has 16 heteroatoms. The quantitative estimate of drug-likeness (QED) is 0.185. The average molecular weight is 837 g/mol. The lowest BCUT2D eigenvalue weighted by Crippen LogP contribution is -2.60. The van der Waals surface area contributed by atoms with Gasteiger partial charge in [-0.1, -0.05) is 6.07 Å². The molecule has 6 bridgehead atoms. The third-order valence-electron chi connectivity index (χ3n) is 13.5. The Morgan fingerprint density at radius 1 is 1.05 bits per heavy atom. The molecule has 6 aliphatic rings. The highest BCUT2D eigenvalue weighted by Crippen LogP contribution is 2.43. The van der Waals surface area contributed by atoms with Crippen molar-refractivity contribution in [3.05, 3.63) is 47.7 Å². The Bertz CT molecular complexity index is 2290. The van der Waals surface area contributed by atoms with Crippen LogP contribution in [-0.4, -0.2) is 117 Å². The second kappa shape index (κ2) is 16.0. The largest absolute Gasteiger partial charge is 0.461 e. The average Bonchev–Trinajstić information content (AvgIpc) is 3.82.